The lowest BCUT2D eigenvalue weighted by Crippen LogP contribution is -2.55. The summed E-state index contributed by atoms with van der Waals surface area (Å²) in [5, 5.41) is 12.5. The van der Waals surface area contributed by atoms with Crippen LogP contribution in [0.1, 0.15) is 11.1 Å². The molecule has 0 bridgehead atoms. The van der Waals surface area contributed by atoms with Crippen LogP contribution in [0, 0.1) is 5.82 Å². The molecule has 0 saturated carbocycles. The van der Waals surface area contributed by atoms with Crippen molar-refractivity contribution in [3.63, 3.8) is 0 Å². The average molecular weight is 476 g/mol. The summed E-state index contributed by atoms with van der Waals surface area (Å²) in [5.41, 5.74) is 1.75. The monoisotopic (exact) mass is 476 g/mol. The van der Waals surface area contributed by atoms with Crippen LogP contribution >= 0.6 is 0 Å². The number of nitrogens with zero attached hydrogens (tertiary/aromatic N) is 1. The molecule has 0 spiro atoms. The van der Waals surface area contributed by atoms with Crippen molar-refractivity contribution in [2.75, 3.05) is 25.1 Å². The summed E-state index contributed by atoms with van der Waals surface area (Å²) < 4.78 is 60.2. The molecule has 0 atom stereocenters. The van der Waals surface area contributed by atoms with Gasteiger partial charge in [0.05, 0.1) is 19.8 Å². The topological polar surface area (TPSA) is 80.7 Å². The molecule has 3 aromatic rings. The highest BCUT2D eigenvalue weighted by molar-refractivity contribution is 6.00. The summed E-state index contributed by atoms with van der Waals surface area (Å²) >= 11 is 0. The van der Waals surface area contributed by atoms with Gasteiger partial charge in [-0.15, -0.1) is 0 Å². The summed E-state index contributed by atoms with van der Waals surface area (Å²) in [6.07, 6.45) is -3.17. The van der Waals surface area contributed by atoms with E-state index in [0.29, 0.717) is 27.9 Å². The predicted molar refractivity (Wildman–Crippen MR) is 115 cm³/mol. The number of benzene rings is 2. The summed E-state index contributed by atoms with van der Waals surface area (Å²) in [6.45, 7) is -1.56. The number of halogens is 4. The van der Waals surface area contributed by atoms with E-state index in [9.17, 15) is 27.5 Å². The first-order chi connectivity index (χ1) is 16.2. The molecule has 34 heavy (non-hydrogen) atoms. The molecule has 2 heterocycles. The number of aliphatic hydroxyl groups excluding tert-OH is 1. The van der Waals surface area contributed by atoms with Crippen LogP contribution in [0.25, 0.3) is 11.1 Å². The van der Waals surface area contributed by atoms with E-state index in [0.717, 1.165) is 0 Å². The smallest absolute Gasteiger partial charge is 0.422 e. The number of alkyl halides is 3. The molecule has 2 N–H and O–H groups in total. The minimum atomic E-state index is -4.50. The molecule has 1 fully saturated rings. The van der Waals surface area contributed by atoms with Gasteiger partial charge in [0.1, 0.15) is 11.2 Å². The maximum atomic E-state index is 13.1. The normalized spacial score (nSPS) is 14.9. The summed E-state index contributed by atoms with van der Waals surface area (Å²) in [6, 6.07) is 13.6. The Morgan fingerprint density at radius 1 is 1.12 bits per heavy atom. The molecule has 1 aliphatic heterocycles. The fraction of sp³-hybridized carbons (Fsp3) is 0.250. The van der Waals surface area contributed by atoms with Crippen molar-refractivity contribution in [3.05, 3.63) is 77.7 Å². The lowest BCUT2D eigenvalue weighted by molar-refractivity contribution is -0.154. The Morgan fingerprint density at radius 2 is 1.79 bits per heavy atom. The standard InChI is InChI=1S/C24H20F4N2O4/c25-18-5-7-19(8-6-18)30-22(32)23(12-33-13-23)17-3-1-15(2-4-17)20-10-29-21(9-16(20)11-31)34-14-24(26,27)28/h1-10,31H,11-14H2,(H,30,32). The number of pyridine rings is 1. The molecule has 4 rings (SSSR count). The average Bonchev–Trinajstić information content (AvgIpc) is 2.78. The highest BCUT2D eigenvalue weighted by Gasteiger charge is 2.47. The maximum absolute atomic E-state index is 13.1. The molecule has 0 radical (unpaired) electrons. The van der Waals surface area contributed by atoms with Gasteiger partial charge in [-0.3, -0.25) is 4.79 Å². The van der Waals surface area contributed by atoms with Crippen LogP contribution in [0.2, 0.25) is 0 Å². The van der Waals surface area contributed by atoms with Gasteiger partial charge < -0.3 is 19.9 Å². The maximum Gasteiger partial charge on any atom is 0.422 e. The zero-order valence-electron chi connectivity index (χ0n) is 17.7. The molecule has 0 unspecified atom stereocenters. The van der Waals surface area contributed by atoms with Crippen molar-refractivity contribution in [1.29, 1.82) is 0 Å². The molecular formula is C24H20F4N2O4. The third-order valence-corrected chi connectivity index (χ3v) is 5.50. The molecule has 1 amide bonds. The van der Waals surface area contributed by atoms with Gasteiger partial charge in [0.25, 0.3) is 0 Å². The first-order valence-electron chi connectivity index (χ1n) is 10.3. The third kappa shape index (κ3) is 5.02. The number of hydrogen-bond acceptors (Lipinski definition) is 5. The number of hydrogen-bond donors (Lipinski definition) is 2. The number of nitrogens with one attached hydrogen (secondary N) is 1. The first kappa shape index (κ1) is 23.7. The highest BCUT2D eigenvalue weighted by Crippen LogP contribution is 2.36. The number of rotatable bonds is 7. The molecule has 2 aromatic carbocycles. The van der Waals surface area contributed by atoms with Gasteiger partial charge in [-0.25, -0.2) is 9.37 Å². The quantitative estimate of drug-likeness (QED) is 0.499. The summed E-state index contributed by atoms with van der Waals surface area (Å²) in [4.78, 5) is 16.9. The number of anilines is 1. The summed E-state index contributed by atoms with van der Waals surface area (Å²) in [5.74, 6) is -0.946. The lowest BCUT2D eigenvalue weighted by Gasteiger charge is -2.40. The highest BCUT2D eigenvalue weighted by atomic mass is 19.4. The molecule has 6 nitrogen and oxygen atoms in total. The second-order valence-electron chi connectivity index (χ2n) is 7.85. The SMILES string of the molecule is O=C(Nc1ccc(F)cc1)C1(c2ccc(-c3cnc(OCC(F)(F)F)cc3CO)cc2)COC1. The van der Waals surface area contributed by atoms with Crippen LogP contribution in [0.15, 0.2) is 60.8 Å². The number of amides is 1. The van der Waals surface area contributed by atoms with Gasteiger partial charge in [0.2, 0.25) is 11.8 Å². The fourth-order valence-corrected chi connectivity index (χ4v) is 3.59. The summed E-state index contributed by atoms with van der Waals surface area (Å²) in [7, 11) is 0. The predicted octanol–water partition coefficient (Wildman–Crippen LogP) is 4.23. The van der Waals surface area contributed by atoms with Crippen LogP contribution in [0.3, 0.4) is 0 Å². The largest absolute Gasteiger partial charge is 0.468 e. The van der Waals surface area contributed by atoms with Gasteiger partial charge in [-0.1, -0.05) is 24.3 Å². The Balaban J connectivity index is 1.54. The molecule has 178 valence electrons. The van der Waals surface area contributed by atoms with E-state index in [-0.39, 0.29) is 25.0 Å². The van der Waals surface area contributed by atoms with Crippen LogP contribution in [0.5, 0.6) is 5.88 Å². The molecule has 1 aliphatic rings. The zero-order chi connectivity index (χ0) is 24.3. The molecule has 1 saturated heterocycles. The Morgan fingerprint density at radius 3 is 2.35 bits per heavy atom. The molecule has 1 aromatic heterocycles. The Kier molecular flexibility index (Phi) is 6.54. The van der Waals surface area contributed by atoms with E-state index < -0.39 is 30.6 Å². The van der Waals surface area contributed by atoms with Gasteiger partial charge in [0, 0.05) is 23.5 Å². The Hall–Kier alpha value is -3.50. The Labute approximate surface area is 192 Å². The second-order valence-corrected chi connectivity index (χ2v) is 7.85. The van der Waals surface area contributed by atoms with Crippen molar-refractivity contribution >= 4 is 11.6 Å². The van der Waals surface area contributed by atoms with Crippen molar-refractivity contribution in [2.24, 2.45) is 0 Å². The second kappa shape index (κ2) is 9.40. The van der Waals surface area contributed by atoms with Gasteiger partial charge in [-0.05, 0) is 41.0 Å². The Bertz CT molecular complexity index is 1160. The minimum Gasteiger partial charge on any atom is -0.468 e. The van der Waals surface area contributed by atoms with E-state index >= 15 is 0 Å². The van der Waals surface area contributed by atoms with Crippen LogP contribution < -0.4 is 10.1 Å². The minimum absolute atomic E-state index is 0.175. The van der Waals surface area contributed by atoms with E-state index in [1.54, 1.807) is 24.3 Å². The lowest BCUT2D eigenvalue weighted by atomic mass is 9.77. The van der Waals surface area contributed by atoms with Crippen LogP contribution in [0.4, 0.5) is 23.2 Å². The number of ether oxygens (including phenoxy) is 2. The fourth-order valence-electron chi connectivity index (χ4n) is 3.59. The van der Waals surface area contributed by atoms with E-state index in [1.807, 2.05) is 0 Å². The van der Waals surface area contributed by atoms with Crippen molar-refractivity contribution in [3.8, 4) is 17.0 Å². The van der Waals surface area contributed by atoms with Crippen molar-refractivity contribution in [2.45, 2.75) is 18.2 Å². The van der Waals surface area contributed by atoms with E-state index in [2.05, 4.69) is 15.0 Å². The molecule has 10 heteroatoms. The zero-order valence-corrected chi connectivity index (χ0v) is 17.7. The van der Waals surface area contributed by atoms with E-state index in [1.165, 1.54) is 36.5 Å². The molecular weight excluding hydrogens is 456 g/mol. The number of aliphatic hydroxyl groups is 1. The first-order valence-corrected chi connectivity index (χ1v) is 10.3. The van der Waals surface area contributed by atoms with Gasteiger partial charge >= 0.3 is 6.18 Å². The van der Waals surface area contributed by atoms with E-state index in [4.69, 9.17) is 4.74 Å². The van der Waals surface area contributed by atoms with Gasteiger partial charge in [0.15, 0.2) is 6.61 Å². The molecule has 0 aliphatic carbocycles. The number of carbonyl (C=O) groups excluding carboxylic acids is 1. The number of aromatic nitrogens is 1. The third-order valence-electron chi connectivity index (χ3n) is 5.50. The number of carbonyl (C=O) groups is 1. The van der Waals surface area contributed by atoms with Crippen molar-refractivity contribution < 1.29 is 36.9 Å². The van der Waals surface area contributed by atoms with Gasteiger partial charge in [-0.2, -0.15) is 13.2 Å². The van der Waals surface area contributed by atoms with Crippen LogP contribution in [-0.4, -0.2) is 42.0 Å². The van der Waals surface area contributed by atoms with Crippen LogP contribution in [-0.2, 0) is 21.6 Å². The van der Waals surface area contributed by atoms with Crippen molar-refractivity contribution in [1.82, 2.24) is 4.98 Å².